The number of sulfonamides is 1. The minimum Gasteiger partial charge on any atom is -0.332 e. The predicted octanol–water partition coefficient (Wildman–Crippen LogP) is 7.66. The molecule has 4 rings (SSSR count). The number of allylic oxidation sites excluding steroid dienone is 1. The maximum atomic E-state index is 14.6. The lowest BCUT2D eigenvalue weighted by atomic mass is 9.66. The van der Waals surface area contributed by atoms with Crippen LogP contribution in [0.4, 0.5) is 0 Å². The normalized spacial score (nSPS) is 25.7. The second-order valence-electron chi connectivity index (χ2n) is 11.4. The van der Waals surface area contributed by atoms with Crippen LogP contribution in [0.2, 0.25) is 10.0 Å². The Hall–Kier alpha value is -1.86. The van der Waals surface area contributed by atoms with Gasteiger partial charge in [0.05, 0.1) is 16.2 Å². The lowest BCUT2D eigenvalue weighted by Crippen LogP contribution is -2.59. The fraction of sp³-hybridized carbons (Fsp3) is 0.516. The van der Waals surface area contributed by atoms with Crippen molar-refractivity contribution in [2.45, 2.75) is 88.5 Å². The monoisotopic (exact) mass is 590 g/mol. The zero-order valence-corrected chi connectivity index (χ0v) is 25.5. The quantitative estimate of drug-likeness (QED) is 0.273. The fourth-order valence-electron chi connectivity index (χ4n) is 6.65. The maximum Gasteiger partial charge on any atom is 0.229 e. The lowest BCUT2D eigenvalue weighted by molar-refractivity contribution is -0.155. The zero-order chi connectivity index (χ0) is 28.4. The van der Waals surface area contributed by atoms with Crippen LogP contribution in [0.3, 0.4) is 0 Å². The predicted molar refractivity (Wildman–Crippen MR) is 161 cm³/mol. The van der Waals surface area contributed by atoms with Gasteiger partial charge in [0.15, 0.2) is 0 Å². The molecule has 8 heteroatoms. The van der Waals surface area contributed by atoms with Crippen LogP contribution in [-0.2, 0) is 14.8 Å². The molecule has 2 aromatic carbocycles. The Morgan fingerprint density at radius 3 is 2.33 bits per heavy atom. The second kappa shape index (κ2) is 11.9. The number of carbonyl (C=O) groups is 1. The number of nitrogens with zero attached hydrogens (tertiary/aromatic N) is 1. The maximum absolute atomic E-state index is 14.6. The van der Waals surface area contributed by atoms with E-state index in [4.69, 9.17) is 23.2 Å². The number of amides is 1. The van der Waals surface area contributed by atoms with E-state index in [-0.39, 0.29) is 23.9 Å². The minimum absolute atomic E-state index is 0.0443. The van der Waals surface area contributed by atoms with Gasteiger partial charge in [-0.1, -0.05) is 80.7 Å². The molecule has 1 heterocycles. The van der Waals surface area contributed by atoms with Gasteiger partial charge in [-0.15, -0.1) is 6.58 Å². The molecule has 1 N–H and O–H groups in total. The van der Waals surface area contributed by atoms with Gasteiger partial charge in [-0.2, -0.15) is 0 Å². The molecule has 4 atom stereocenters. The summed E-state index contributed by atoms with van der Waals surface area (Å²) in [5.74, 6) is -0.00732. The van der Waals surface area contributed by atoms with Gasteiger partial charge in [0.2, 0.25) is 15.9 Å². The van der Waals surface area contributed by atoms with E-state index < -0.39 is 20.2 Å². The summed E-state index contributed by atoms with van der Waals surface area (Å²) in [6.45, 7) is 10.2. The van der Waals surface area contributed by atoms with Crippen LogP contribution in [-0.4, -0.2) is 36.6 Å². The summed E-state index contributed by atoms with van der Waals surface area (Å²) in [7, 11) is -3.53. The smallest absolute Gasteiger partial charge is 0.229 e. The van der Waals surface area contributed by atoms with Crippen LogP contribution >= 0.6 is 23.2 Å². The number of likely N-dealkylation sites (tertiary alicyclic amines) is 1. The molecule has 0 radical (unpaired) electrons. The molecule has 0 bridgehead atoms. The zero-order valence-electron chi connectivity index (χ0n) is 23.1. The Bertz CT molecular complexity index is 1290. The highest BCUT2D eigenvalue weighted by molar-refractivity contribution is 7.91. The third-order valence-electron chi connectivity index (χ3n) is 8.83. The third-order valence-corrected chi connectivity index (χ3v) is 11.7. The number of halogens is 2. The van der Waals surface area contributed by atoms with Crippen molar-refractivity contribution < 1.29 is 13.2 Å². The molecule has 212 valence electrons. The van der Waals surface area contributed by atoms with Crippen molar-refractivity contribution in [2.75, 3.05) is 6.54 Å². The first-order valence-corrected chi connectivity index (χ1v) is 16.2. The molecule has 5 nitrogen and oxygen atoms in total. The highest BCUT2D eigenvalue weighted by Gasteiger charge is 2.55. The molecule has 2 aromatic rings. The van der Waals surface area contributed by atoms with Crippen molar-refractivity contribution in [1.29, 1.82) is 0 Å². The van der Waals surface area contributed by atoms with Crippen molar-refractivity contribution in [3.05, 3.63) is 82.4 Å². The summed E-state index contributed by atoms with van der Waals surface area (Å²) < 4.78 is 28.8. The molecule has 1 aliphatic carbocycles. The van der Waals surface area contributed by atoms with Crippen molar-refractivity contribution >= 4 is 39.1 Å². The van der Waals surface area contributed by atoms with Crippen molar-refractivity contribution in [3.63, 3.8) is 0 Å². The molecule has 0 spiro atoms. The van der Waals surface area contributed by atoms with E-state index in [0.717, 1.165) is 17.5 Å². The first kappa shape index (κ1) is 30.1. The van der Waals surface area contributed by atoms with E-state index in [1.165, 1.54) is 0 Å². The van der Waals surface area contributed by atoms with Crippen LogP contribution in [0.5, 0.6) is 0 Å². The van der Waals surface area contributed by atoms with Crippen molar-refractivity contribution in [3.8, 4) is 0 Å². The Morgan fingerprint density at radius 1 is 1.10 bits per heavy atom. The number of carbonyl (C=O) groups excluding carboxylic acids is 1. The molecule has 2 aliphatic rings. The minimum atomic E-state index is -3.53. The largest absolute Gasteiger partial charge is 0.332 e. The molecule has 2 fully saturated rings. The molecular weight excluding hydrogens is 551 g/mol. The van der Waals surface area contributed by atoms with Gasteiger partial charge in [0.25, 0.3) is 0 Å². The molecule has 39 heavy (non-hydrogen) atoms. The van der Waals surface area contributed by atoms with Gasteiger partial charge in [-0.05, 0) is 73.9 Å². The Labute approximate surface area is 244 Å². The van der Waals surface area contributed by atoms with Gasteiger partial charge in [-0.25, -0.2) is 13.1 Å². The van der Waals surface area contributed by atoms with E-state index in [2.05, 4.69) is 24.3 Å². The van der Waals surface area contributed by atoms with E-state index >= 15 is 0 Å². The average molecular weight is 592 g/mol. The summed E-state index contributed by atoms with van der Waals surface area (Å²) in [5.41, 5.74) is 1.36. The molecule has 1 aliphatic heterocycles. The molecule has 1 saturated heterocycles. The van der Waals surface area contributed by atoms with Gasteiger partial charge < -0.3 is 4.90 Å². The van der Waals surface area contributed by atoms with Crippen LogP contribution in [0.25, 0.3) is 0 Å². The highest BCUT2D eigenvalue weighted by atomic mass is 35.5. The van der Waals surface area contributed by atoms with Crippen LogP contribution in [0.1, 0.15) is 88.8 Å². The number of hydrogen-bond donors (Lipinski definition) is 1. The SMILES string of the molecule is C=CC[C@@]1(C)C[C@H](c2cccc(Cl)c2)[C@@H](c2ccc(Cl)cc2)N([C@@H](CC)CC2(S(=O)(=O)NCC)CCC2)C1=O. The van der Waals surface area contributed by atoms with E-state index in [1.807, 2.05) is 67.3 Å². The Balaban J connectivity index is 1.88. The standard InChI is InChI=1S/C31H40Cl2N2O3S/c1-5-16-30(4)21-27(23-10-8-11-25(33)19-23)28(22-12-14-24(32)15-13-22)35(29(30)36)26(6-2)20-31(17-9-18-31)39(37,38)34-7-3/h5,8,10-15,19,26-28,34H,1,6-7,9,16-18,20-21H2,2-4H3/t26-,27+,28+,30-/m0/s1. The van der Waals surface area contributed by atoms with Crippen LogP contribution < -0.4 is 4.72 Å². The molecule has 1 saturated carbocycles. The Morgan fingerprint density at radius 2 is 1.79 bits per heavy atom. The second-order valence-corrected chi connectivity index (χ2v) is 14.5. The number of hydrogen-bond acceptors (Lipinski definition) is 3. The van der Waals surface area contributed by atoms with Crippen LogP contribution in [0, 0.1) is 5.41 Å². The van der Waals surface area contributed by atoms with E-state index in [9.17, 15) is 13.2 Å². The van der Waals surface area contributed by atoms with Gasteiger partial charge in [0.1, 0.15) is 0 Å². The third kappa shape index (κ3) is 5.81. The van der Waals surface area contributed by atoms with E-state index in [0.29, 0.717) is 55.1 Å². The van der Waals surface area contributed by atoms with E-state index in [1.54, 1.807) is 0 Å². The summed E-state index contributed by atoms with van der Waals surface area (Å²) in [4.78, 5) is 16.6. The lowest BCUT2D eigenvalue weighted by Gasteiger charge is -2.54. The first-order chi connectivity index (χ1) is 18.5. The number of benzene rings is 2. The van der Waals surface area contributed by atoms with Crippen LogP contribution in [0.15, 0.2) is 61.2 Å². The van der Waals surface area contributed by atoms with Gasteiger partial charge in [-0.3, -0.25) is 4.79 Å². The molecule has 0 unspecified atom stereocenters. The average Bonchev–Trinajstić information content (AvgIpc) is 2.86. The van der Waals surface area contributed by atoms with Crippen molar-refractivity contribution in [1.82, 2.24) is 9.62 Å². The number of piperidine rings is 1. The van der Waals surface area contributed by atoms with Gasteiger partial charge >= 0.3 is 0 Å². The summed E-state index contributed by atoms with van der Waals surface area (Å²) in [6, 6.07) is 15.0. The topological polar surface area (TPSA) is 66.5 Å². The van der Waals surface area contributed by atoms with Crippen molar-refractivity contribution in [2.24, 2.45) is 5.41 Å². The fourth-order valence-corrected chi connectivity index (χ4v) is 8.90. The highest BCUT2D eigenvalue weighted by Crippen LogP contribution is 2.54. The molecule has 1 amide bonds. The number of rotatable bonds is 11. The molecule has 0 aromatic heterocycles. The first-order valence-electron chi connectivity index (χ1n) is 13.9. The summed E-state index contributed by atoms with van der Waals surface area (Å²) in [5, 5.41) is 1.27. The number of nitrogens with one attached hydrogen (secondary N) is 1. The summed E-state index contributed by atoms with van der Waals surface area (Å²) >= 11 is 12.7. The van der Waals surface area contributed by atoms with Gasteiger partial charge in [0, 0.05) is 28.5 Å². The Kier molecular flexibility index (Phi) is 9.22. The summed E-state index contributed by atoms with van der Waals surface area (Å²) in [6.07, 6.45) is 6.10. The molecular formula is C31H40Cl2N2O3S.